The van der Waals surface area contributed by atoms with Gasteiger partial charge in [-0.15, -0.1) is 0 Å². The lowest BCUT2D eigenvalue weighted by Gasteiger charge is -2.26. The van der Waals surface area contributed by atoms with Crippen LogP contribution in [0.25, 0.3) is 38.2 Å². The van der Waals surface area contributed by atoms with Gasteiger partial charge in [0.1, 0.15) is 18.1 Å². The Balaban J connectivity index is 1.29. The van der Waals surface area contributed by atoms with Gasteiger partial charge >= 0.3 is 0 Å². The summed E-state index contributed by atoms with van der Waals surface area (Å²) in [5.74, 6) is 1.59. The summed E-state index contributed by atoms with van der Waals surface area (Å²) in [4.78, 5) is 5.47. The molecule has 5 aromatic carbocycles. The van der Waals surface area contributed by atoms with Gasteiger partial charge in [-0.05, 0) is 63.9 Å². The number of nitrogens with one attached hydrogen (secondary N) is 1. The Morgan fingerprint density at radius 2 is 1.57 bits per heavy atom. The number of benzene rings is 5. The minimum absolute atomic E-state index is 0.0598. The molecule has 9 rings (SSSR count). The van der Waals surface area contributed by atoms with E-state index in [0.29, 0.717) is 5.56 Å². The number of aromatic nitrogens is 1. The summed E-state index contributed by atoms with van der Waals surface area (Å²) in [5.41, 5.74) is 7.06. The van der Waals surface area contributed by atoms with Crippen molar-refractivity contribution in [2.45, 2.75) is 12.3 Å². The summed E-state index contributed by atoms with van der Waals surface area (Å²) in [6.07, 6.45) is 6.04. The number of hydrogen-bond acceptors (Lipinski definition) is 4. The zero-order valence-corrected chi connectivity index (χ0v) is 23.7. The molecule has 0 saturated heterocycles. The molecule has 1 N–H and O–H groups in total. The smallest absolute Gasteiger partial charge is 0.197 e. The van der Waals surface area contributed by atoms with Crippen LogP contribution in [0.3, 0.4) is 0 Å². The average Bonchev–Trinajstić information content (AvgIpc) is 3.62. The highest BCUT2D eigenvalue weighted by Crippen LogP contribution is 2.44. The Hall–Kier alpha value is -5.86. The SMILES string of the molecule is N#Cc1cccc(C2=CC3C4=C(NC(c5ccccc5)N=C4n4c5ccccc5c5cc6ccccc6cc54)OC3C=C2)c1. The Morgan fingerprint density at radius 1 is 0.773 bits per heavy atom. The zero-order valence-electron chi connectivity index (χ0n) is 23.7. The van der Waals surface area contributed by atoms with E-state index in [2.05, 4.69) is 113 Å². The van der Waals surface area contributed by atoms with Crippen LogP contribution in [-0.2, 0) is 4.74 Å². The van der Waals surface area contributed by atoms with Crippen LogP contribution >= 0.6 is 0 Å². The normalized spacial score (nSPS) is 20.5. The Kier molecular flexibility index (Phi) is 5.38. The van der Waals surface area contributed by atoms with Gasteiger partial charge in [0, 0.05) is 10.8 Å². The van der Waals surface area contributed by atoms with E-state index < -0.39 is 0 Å². The van der Waals surface area contributed by atoms with Crippen LogP contribution in [-0.4, -0.2) is 16.5 Å². The molecular formula is C39H26N4O. The van der Waals surface area contributed by atoms with Crippen LogP contribution in [0, 0.1) is 17.2 Å². The Bertz CT molecular complexity index is 2320. The predicted molar refractivity (Wildman–Crippen MR) is 176 cm³/mol. The molecule has 0 bridgehead atoms. The van der Waals surface area contributed by atoms with E-state index in [1.807, 2.05) is 36.4 Å². The molecule has 208 valence electrons. The fraction of sp³-hybridized carbons (Fsp3) is 0.0769. The molecule has 0 fully saturated rings. The van der Waals surface area contributed by atoms with Gasteiger partial charge in [-0.1, -0.05) is 97.1 Å². The summed E-state index contributed by atoms with van der Waals surface area (Å²) in [6, 6.07) is 42.1. The van der Waals surface area contributed by atoms with Gasteiger partial charge in [-0.3, -0.25) is 4.57 Å². The Labute approximate surface area is 254 Å². The standard InChI is InChI=1S/C39H26N4O/c40-23-24-9-8-14-26(19-24)29-17-18-35-32(21-29)36-38(41-37(42-39(36)44-35)25-10-2-1-3-11-25)43-33-16-7-6-15-30(33)31-20-27-12-4-5-13-28(27)22-34(31)43/h1-22,32,35,37,42H. The van der Waals surface area contributed by atoms with Gasteiger partial charge in [-0.2, -0.15) is 5.26 Å². The third-order valence-electron chi connectivity index (χ3n) is 8.96. The molecule has 5 nitrogen and oxygen atoms in total. The van der Waals surface area contributed by atoms with Crippen molar-refractivity contribution in [2.24, 2.45) is 10.9 Å². The summed E-state index contributed by atoms with van der Waals surface area (Å²) < 4.78 is 8.99. The molecule has 44 heavy (non-hydrogen) atoms. The van der Waals surface area contributed by atoms with Crippen LogP contribution < -0.4 is 5.32 Å². The highest BCUT2D eigenvalue weighted by molar-refractivity contribution is 6.20. The fourth-order valence-electron chi connectivity index (χ4n) is 6.90. The van der Waals surface area contributed by atoms with E-state index in [0.717, 1.165) is 45.0 Å². The maximum atomic E-state index is 9.52. The van der Waals surface area contributed by atoms with Crippen molar-refractivity contribution < 1.29 is 4.74 Å². The van der Waals surface area contributed by atoms with E-state index in [9.17, 15) is 5.26 Å². The molecule has 1 aromatic heterocycles. The van der Waals surface area contributed by atoms with Crippen LogP contribution in [0.4, 0.5) is 0 Å². The lowest BCUT2D eigenvalue weighted by Crippen LogP contribution is -2.31. The first-order valence-corrected chi connectivity index (χ1v) is 14.9. The zero-order chi connectivity index (χ0) is 29.2. The van der Waals surface area contributed by atoms with Crippen molar-refractivity contribution in [1.82, 2.24) is 9.88 Å². The second-order valence-corrected chi connectivity index (χ2v) is 11.5. The number of fused-ring (bicyclic) bond motifs is 6. The number of nitrogens with zero attached hydrogens (tertiary/aromatic N) is 3. The quantitative estimate of drug-likeness (QED) is 0.230. The highest BCUT2D eigenvalue weighted by atomic mass is 16.5. The van der Waals surface area contributed by atoms with Crippen molar-refractivity contribution in [3.8, 4) is 6.07 Å². The number of allylic oxidation sites excluding steroid dienone is 2. The topological polar surface area (TPSA) is 62.3 Å². The van der Waals surface area contributed by atoms with Crippen LogP contribution in [0.2, 0.25) is 0 Å². The van der Waals surface area contributed by atoms with Gasteiger partial charge in [0.2, 0.25) is 0 Å². The first-order valence-electron chi connectivity index (χ1n) is 14.9. The number of ether oxygens (including phenoxy) is 1. The lowest BCUT2D eigenvalue weighted by atomic mass is 9.85. The molecule has 1 aliphatic carbocycles. The number of rotatable bonds is 2. The second-order valence-electron chi connectivity index (χ2n) is 11.5. The number of aliphatic imine (C=N–C) groups is 1. The highest BCUT2D eigenvalue weighted by Gasteiger charge is 2.43. The van der Waals surface area contributed by atoms with E-state index in [1.165, 1.54) is 21.5 Å². The van der Waals surface area contributed by atoms with E-state index in [4.69, 9.17) is 9.73 Å². The third kappa shape index (κ3) is 3.75. The van der Waals surface area contributed by atoms with Crippen LogP contribution in [0.5, 0.6) is 0 Å². The monoisotopic (exact) mass is 566 g/mol. The van der Waals surface area contributed by atoms with E-state index in [-0.39, 0.29) is 18.2 Å². The van der Waals surface area contributed by atoms with E-state index in [1.54, 1.807) is 0 Å². The summed E-state index contributed by atoms with van der Waals surface area (Å²) >= 11 is 0. The van der Waals surface area contributed by atoms with Crippen molar-refractivity contribution in [3.05, 3.63) is 162 Å². The average molecular weight is 567 g/mol. The van der Waals surface area contributed by atoms with Crippen molar-refractivity contribution in [1.29, 1.82) is 5.26 Å². The van der Waals surface area contributed by atoms with Crippen LogP contribution in [0.15, 0.2) is 150 Å². The maximum absolute atomic E-state index is 9.52. The van der Waals surface area contributed by atoms with Gasteiger partial charge in [-0.25, -0.2) is 4.99 Å². The molecule has 3 aliphatic rings. The molecule has 0 saturated carbocycles. The fourth-order valence-corrected chi connectivity index (χ4v) is 6.90. The second kappa shape index (κ2) is 9.58. The summed E-state index contributed by atoms with van der Waals surface area (Å²) in [7, 11) is 0. The van der Waals surface area contributed by atoms with Gasteiger partial charge in [0.05, 0.1) is 34.2 Å². The van der Waals surface area contributed by atoms with Gasteiger partial charge in [0.25, 0.3) is 0 Å². The molecule has 0 radical (unpaired) electrons. The largest absolute Gasteiger partial charge is 0.470 e. The van der Waals surface area contributed by atoms with Crippen molar-refractivity contribution >= 4 is 44.0 Å². The minimum Gasteiger partial charge on any atom is -0.470 e. The molecule has 0 amide bonds. The Morgan fingerprint density at radius 3 is 2.43 bits per heavy atom. The van der Waals surface area contributed by atoms with Crippen molar-refractivity contribution in [2.75, 3.05) is 0 Å². The lowest BCUT2D eigenvalue weighted by molar-refractivity contribution is 0.144. The van der Waals surface area contributed by atoms with E-state index >= 15 is 0 Å². The predicted octanol–water partition coefficient (Wildman–Crippen LogP) is 8.25. The molecule has 3 heterocycles. The molecule has 6 aromatic rings. The molecule has 5 heteroatoms. The molecule has 0 spiro atoms. The first kappa shape index (κ1) is 24.7. The molecule has 2 aliphatic heterocycles. The van der Waals surface area contributed by atoms with Gasteiger partial charge in [0.15, 0.2) is 5.88 Å². The molecule has 3 unspecified atom stereocenters. The molecular weight excluding hydrogens is 540 g/mol. The maximum Gasteiger partial charge on any atom is 0.197 e. The summed E-state index contributed by atoms with van der Waals surface area (Å²) in [5, 5.41) is 17.9. The summed E-state index contributed by atoms with van der Waals surface area (Å²) in [6.45, 7) is 0. The number of nitriles is 1. The van der Waals surface area contributed by atoms with Gasteiger partial charge < -0.3 is 10.1 Å². The van der Waals surface area contributed by atoms with Crippen LogP contribution in [0.1, 0.15) is 22.9 Å². The first-order chi connectivity index (χ1) is 21.7. The number of hydrogen-bond donors (Lipinski definition) is 1. The number of para-hydroxylation sites is 1. The third-order valence-corrected chi connectivity index (χ3v) is 8.96. The minimum atomic E-state index is -0.304. The molecule has 3 atom stereocenters. The van der Waals surface area contributed by atoms with Crippen molar-refractivity contribution in [3.63, 3.8) is 0 Å².